The number of anilines is 2. The number of hydrazone groups is 1. The number of aromatic hydroxyl groups is 1. The summed E-state index contributed by atoms with van der Waals surface area (Å²) in [5.41, 5.74) is 2.89. The summed E-state index contributed by atoms with van der Waals surface area (Å²) in [6.45, 7) is 0. The summed E-state index contributed by atoms with van der Waals surface area (Å²) in [4.78, 5) is 16.2. The smallest absolute Gasteiger partial charge is 0.416 e. The third-order valence-electron chi connectivity index (χ3n) is 3.94. The van der Waals surface area contributed by atoms with E-state index >= 15 is 0 Å². The molecule has 1 amide bonds. The van der Waals surface area contributed by atoms with Crippen LogP contribution in [0.5, 0.6) is 11.5 Å². The zero-order chi connectivity index (χ0) is 22.4. The molecule has 7 nitrogen and oxygen atoms in total. The zero-order valence-corrected chi connectivity index (χ0v) is 16.9. The molecule has 0 aliphatic rings. The van der Waals surface area contributed by atoms with Gasteiger partial charge in [0.15, 0.2) is 16.6 Å². The maximum Gasteiger partial charge on any atom is 0.416 e. The van der Waals surface area contributed by atoms with Gasteiger partial charge in [0.2, 0.25) is 5.91 Å². The number of phenolic OH excluding ortho intramolecular Hbond substituents is 1. The first kappa shape index (κ1) is 22.1. The van der Waals surface area contributed by atoms with Crippen LogP contribution in [0.3, 0.4) is 0 Å². The lowest BCUT2D eigenvalue weighted by Gasteiger charge is -2.08. The van der Waals surface area contributed by atoms with Gasteiger partial charge in [-0.15, -0.1) is 11.3 Å². The molecule has 3 rings (SSSR count). The van der Waals surface area contributed by atoms with E-state index in [4.69, 9.17) is 4.74 Å². The number of hydrogen-bond donors (Lipinski definition) is 3. The first-order valence-electron chi connectivity index (χ1n) is 8.82. The minimum atomic E-state index is -4.43. The van der Waals surface area contributed by atoms with Crippen molar-refractivity contribution in [2.75, 3.05) is 12.4 Å². The van der Waals surface area contributed by atoms with Crippen molar-refractivity contribution in [2.24, 2.45) is 5.10 Å². The van der Waals surface area contributed by atoms with Crippen molar-refractivity contribution < 1.29 is 27.8 Å². The maximum absolute atomic E-state index is 12.8. The highest BCUT2D eigenvalue weighted by atomic mass is 32.1. The van der Waals surface area contributed by atoms with Crippen molar-refractivity contribution in [1.29, 1.82) is 0 Å². The summed E-state index contributed by atoms with van der Waals surface area (Å²) < 4.78 is 43.4. The number of amides is 1. The van der Waals surface area contributed by atoms with E-state index in [1.54, 1.807) is 17.5 Å². The lowest BCUT2D eigenvalue weighted by molar-refractivity contribution is -0.137. The number of ether oxygens (including phenoxy) is 1. The highest BCUT2D eigenvalue weighted by molar-refractivity contribution is 7.13. The summed E-state index contributed by atoms with van der Waals surface area (Å²) in [7, 11) is 1.42. The molecule has 0 saturated heterocycles. The van der Waals surface area contributed by atoms with E-state index in [0.717, 1.165) is 12.1 Å². The quantitative estimate of drug-likeness (QED) is 0.368. The molecule has 31 heavy (non-hydrogen) atoms. The highest BCUT2D eigenvalue weighted by Crippen LogP contribution is 2.32. The van der Waals surface area contributed by atoms with Crippen molar-refractivity contribution in [2.45, 2.75) is 12.6 Å². The summed E-state index contributed by atoms with van der Waals surface area (Å²) in [5.74, 6) is -0.154. The second kappa shape index (κ2) is 9.47. The second-order valence-electron chi connectivity index (χ2n) is 6.25. The molecule has 1 heterocycles. The van der Waals surface area contributed by atoms with Gasteiger partial charge in [0.05, 0.1) is 31.0 Å². The number of nitrogens with one attached hydrogen (secondary N) is 2. The van der Waals surface area contributed by atoms with Crippen LogP contribution >= 0.6 is 11.3 Å². The molecule has 0 bridgehead atoms. The van der Waals surface area contributed by atoms with Crippen LogP contribution in [0.1, 0.15) is 16.8 Å². The summed E-state index contributed by atoms with van der Waals surface area (Å²) in [6, 6.07) is 9.36. The molecule has 0 radical (unpaired) electrons. The standard InChI is InChI=1S/C20H17F3N4O3S/c1-30-17-7-12(5-6-16(17)28)10-24-27-18(29)9-15-11-31-19(26-15)25-14-4-2-3-13(8-14)20(21,22)23/h2-8,10-11,28H,9H2,1H3,(H,25,26)(H,27,29). The molecule has 0 aliphatic carbocycles. The van der Waals surface area contributed by atoms with Crippen LogP contribution in [0.15, 0.2) is 52.9 Å². The van der Waals surface area contributed by atoms with Crippen molar-refractivity contribution in [3.05, 3.63) is 64.7 Å². The summed E-state index contributed by atoms with van der Waals surface area (Å²) in [6.07, 6.45) is -3.10. The Morgan fingerprint density at radius 3 is 2.84 bits per heavy atom. The lowest BCUT2D eigenvalue weighted by atomic mass is 10.2. The highest BCUT2D eigenvalue weighted by Gasteiger charge is 2.30. The average Bonchev–Trinajstić information content (AvgIpc) is 3.15. The van der Waals surface area contributed by atoms with Gasteiger partial charge in [-0.1, -0.05) is 6.07 Å². The van der Waals surface area contributed by atoms with Crippen molar-refractivity contribution in [3.8, 4) is 11.5 Å². The molecule has 0 saturated carbocycles. The number of phenols is 1. The van der Waals surface area contributed by atoms with E-state index in [1.165, 1.54) is 42.9 Å². The fraction of sp³-hybridized carbons (Fsp3) is 0.150. The third-order valence-corrected chi connectivity index (χ3v) is 4.75. The first-order chi connectivity index (χ1) is 14.7. The molecule has 3 aromatic rings. The molecule has 1 aromatic heterocycles. The Hall–Kier alpha value is -3.60. The van der Waals surface area contributed by atoms with E-state index < -0.39 is 17.6 Å². The average molecular weight is 450 g/mol. The SMILES string of the molecule is COc1cc(C=NNC(=O)Cc2csc(Nc3cccc(C(F)(F)F)c3)n2)ccc1O. The van der Waals surface area contributed by atoms with Gasteiger partial charge in [-0.25, -0.2) is 10.4 Å². The lowest BCUT2D eigenvalue weighted by Crippen LogP contribution is -2.19. The van der Waals surface area contributed by atoms with Gasteiger partial charge in [0.1, 0.15) is 0 Å². The van der Waals surface area contributed by atoms with Gasteiger partial charge >= 0.3 is 6.18 Å². The van der Waals surface area contributed by atoms with Gasteiger partial charge in [-0.2, -0.15) is 18.3 Å². The molecule has 2 aromatic carbocycles. The number of carbonyl (C=O) groups excluding carboxylic acids is 1. The van der Waals surface area contributed by atoms with Gasteiger partial charge in [0, 0.05) is 11.1 Å². The Kier molecular flexibility index (Phi) is 6.75. The number of halogens is 3. The molecular formula is C20H17F3N4O3S. The first-order valence-corrected chi connectivity index (χ1v) is 9.70. The Balaban J connectivity index is 1.55. The van der Waals surface area contributed by atoms with Crippen LogP contribution in [0.2, 0.25) is 0 Å². The number of thiazole rings is 1. The van der Waals surface area contributed by atoms with Gasteiger partial charge in [0.25, 0.3) is 0 Å². The van der Waals surface area contributed by atoms with Crippen LogP contribution in [0, 0.1) is 0 Å². The normalized spacial score (nSPS) is 11.5. The van der Waals surface area contributed by atoms with Crippen molar-refractivity contribution >= 4 is 34.3 Å². The van der Waals surface area contributed by atoms with Crippen LogP contribution < -0.4 is 15.5 Å². The summed E-state index contributed by atoms with van der Waals surface area (Å²) >= 11 is 1.17. The predicted octanol–water partition coefficient (Wildman–Crippen LogP) is 4.31. The predicted molar refractivity (Wildman–Crippen MR) is 111 cm³/mol. The molecular weight excluding hydrogens is 433 g/mol. The minimum absolute atomic E-state index is 0.0123. The van der Waals surface area contributed by atoms with E-state index in [9.17, 15) is 23.1 Å². The Morgan fingerprint density at radius 1 is 1.29 bits per heavy atom. The van der Waals surface area contributed by atoms with Crippen LogP contribution in [-0.2, 0) is 17.4 Å². The fourth-order valence-corrected chi connectivity index (χ4v) is 3.23. The number of aromatic nitrogens is 1. The van der Waals surface area contributed by atoms with Crippen LogP contribution in [0.25, 0.3) is 0 Å². The Labute approximate surface area is 179 Å². The summed E-state index contributed by atoms with van der Waals surface area (Å²) in [5, 5.41) is 18.2. The molecule has 3 N–H and O–H groups in total. The number of hydrogen-bond acceptors (Lipinski definition) is 7. The van der Waals surface area contributed by atoms with Crippen LogP contribution in [0.4, 0.5) is 24.0 Å². The number of alkyl halides is 3. The fourth-order valence-electron chi connectivity index (χ4n) is 2.50. The minimum Gasteiger partial charge on any atom is -0.504 e. The molecule has 0 atom stereocenters. The van der Waals surface area contributed by atoms with Gasteiger partial charge in [-0.3, -0.25) is 4.79 Å². The van der Waals surface area contributed by atoms with Gasteiger partial charge < -0.3 is 15.2 Å². The van der Waals surface area contributed by atoms with Crippen molar-refractivity contribution in [1.82, 2.24) is 10.4 Å². The number of carbonyl (C=O) groups is 1. The van der Waals surface area contributed by atoms with Gasteiger partial charge in [-0.05, 0) is 42.0 Å². The Bertz CT molecular complexity index is 1100. The molecule has 11 heteroatoms. The van der Waals surface area contributed by atoms with E-state index in [2.05, 4.69) is 20.8 Å². The topological polar surface area (TPSA) is 95.8 Å². The molecule has 162 valence electrons. The third kappa shape index (κ3) is 6.19. The number of methoxy groups -OCH3 is 1. The van der Waals surface area contributed by atoms with E-state index in [0.29, 0.717) is 16.4 Å². The number of nitrogens with zero attached hydrogens (tertiary/aromatic N) is 2. The zero-order valence-electron chi connectivity index (χ0n) is 16.1. The molecule has 0 fully saturated rings. The monoisotopic (exact) mass is 450 g/mol. The number of benzene rings is 2. The van der Waals surface area contributed by atoms with Crippen molar-refractivity contribution in [3.63, 3.8) is 0 Å². The molecule has 0 spiro atoms. The molecule has 0 aliphatic heterocycles. The van der Waals surface area contributed by atoms with E-state index in [-0.39, 0.29) is 23.6 Å². The molecule has 0 unspecified atom stereocenters. The largest absolute Gasteiger partial charge is 0.504 e. The Morgan fingerprint density at radius 2 is 2.10 bits per heavy atom. The number of rotatable bonds is 7. The van der Waals surface area contributed by atoms with E-state index in [1.807, 2.05) is 0 Å². The second-order valence-corrected chi connectivity index (χ2v) is 7.11. The van der Waals surface area contributed by atoms with Crippen LogP contribution in [-0.4, -0.2) is 29.3 Å². The maximum atomic E-state index is 12.8.